The maximum atomic E-state index is 13.6. The van der Waals surface area contributed by atoms with Gasteiger partial charge in [-0.2, -0.15) is 0 Å². The molecule has 0 bridgehead atoms. The number of β-lactam (4-membered cyclic amide) rings is 1. The highest BCUT2D eigenvalue weighted by Gasteiger charge is 2.62. The third-order valence-corrected chi connectivity index (χ3v) is 8.27. The molecule has 0 radical (unpaired) electrons. The third-order valence-electron chi connectivity index (χ3n) is 6.47. The summed E-state index contributed by atoms with van der Waals surface area (Å²) in [6, 6.07) is 12.3. The van der Waals surface area contributed by atoms with Gasteiger partial charge in [-0.15, -0.1) is 0 Å². The molecule has 0 aromatic heterocycles. The molecule has 0 spiro atoms. The average Bonchev–Trinajstić information content (AvgIpc) is 3.16. The van der Waals surface area contributed by atoms with Crippen molar-refractivity contribution in [3.63, 3.8) is 0 Å². The number of imide groups is 1. The van der Waals surface area contributed by atoms with Crippen LogP contribution in [-0.2, 0) is 14.8 Å². The van der Waals surface area contributed by atoms with Crippen molar-refractivity contribution in [3.8, 4) is 11.5 Å². The summed E-state index contributed by atoms with van der Waals surface area (Å²) in [6.07, 6.45) is 0. The fraction of sp³-hybridized carbons (Fsp3) is 0.160. The minimum atomic E-state index is -4.45. The lowest BCUT2D eigenvalue weighted by Crippen LogP contribution is -2.67. The smallest absolute Gasteiger partial charge is 0.282 e. The predicted molar refractivity (Wildman–Crippen MR) is 130 cm³/mol. The molecule has 2 atom stereocenters. The highest BCUT2D eigenvalue weighted by Crippen LogP contribution is 2.49. The number of sulfonamides is 1. The van der Waals surface area contributed by atoms with Crippen molar-refractivity contribution in [2.45, 2.75) is 17.0 Å². The van der Waals surface area contributed by atoms with E-state index in [2.05, 4.69) is 0 Å². The summed E-state index contributed by atoms with van der Waals surface area (Å²) in [4.78, 5) is 51.5. The zero-order chi connectivity index (χ0) is 27.4. The summed E-state index contributed by atoms with van der Waals surface area (Å²) in [6.45, 7) is 0. The first-order chi connectivity index (χ1) is 18.1. The van der Waals surface area contributed by atoms with Crippen LogP contribution in [0.5, 0.6) is 11.5 Å². The highest BCUT2D eigenvalue weighted by atomic mass is 32.2. The molecule has 0 saturated carbocycles. The molecule has 194 valence electrons. The number of fused-ring (bicyclic) bond motifs is 1. The Hall–Kier alpha value is -4.78. The molecule has 1 fully saturated rings. The van der Waals surface area contributed by atoms with Crippen LogP contribution in [0.4, 0.5) is 5.69 Å². The molecule has 13 heteroatoms. The van der Waals surface area contributed by atoms with Crippen molar-refractivity contribution in [1.82, 2.24) is 9.21 Å². The molecule has 38 heavy (non-hydrogen) atoms. The molecule has 0 N–H and O–H groups in total. The molecule has 0 aliphatic carbocycles. The minimum absolute atomic E-state index is 0.0911. The lowest BCUT2D eigenvalue weighted by atomic mass is 9.89. The number of carbonyl (C=O) groups excluding carboxylic acids is 3. The Morgan fingerprint density at radius 2 is 1.53 bits per heavy atom. The first-order valence-corrected chi connectivity index (χ1v) is 12.6. The summed E-state index contributed by atoms with van der Waals surface area (Å²) in [5.74, 6) is -2.76. The van der Waals surface area contributed by atoms with Crippen molar-refractivity contribution < 1.29 is 37.2 Å². The van der Waals surface area contributed by atoms with Crippen molar-refractivity contribution in [2.24, 2.45) is 0 Å². The molecular weight excluding hydrogens is 518 g/mol. The second-order valence-corrected chi connectivity index (χ2v) is 10.2. The first kappa shape index (κ1) is 24.9. The predicted octanol–water partition coefficient (Wildman–Crippen LogP) is 2.55. The van der Waals surface area contributed by atoms with E-state index in [9.17, 15) is 32.9 Å². The van der Waals surface area contributed by atoms with E-state index in [-0.39, 0.29) is 27.5 Å². The molecule has 1 saturated heterocycles. The third kappa shape index (κ3) is 3.43. The van der Waals surface area contributed by atoms with Crippen LogP contribution >= 0.6 is 0 Å². The van der Waals surface area contributed by atoms with E-state index in [1.165, 1.54) is 62.8 Å². The Bertz CT molecular complexity index is 1620. The van der Waals surface area contributed by atoms with Crippen LogP contribution in [0.2, 0.25) is 0 Å². The Balaban J connectivity index is 1.69. The van der Waals surface area contributed by atoms with E-state index < -0.39 is 56.0 Å². The normalized spacial score (nSPS) is 18.7. The van der Waals surface area contributed by atoms with Gasteiger partial charge in [0.1, 0.15) is 17.6 Å². The number of nitro groups is 1. The van der Waals surface area contributed by atoms with Crippen LogP contribution in [0.1, 0.15) is 32.3 Å². The van der Waals surface area contributed by atoms with Crippen molar-refractivity contribution >= 4 is 33.4 Å². The number of amides is 3. The van der Waals surface area contributed by atoms with Crippen molar-refractivity contribution in [3.05, 3.63) is 93.5 Å². The average molecular weight is 538 g/mol. The summed E-state index contributed by atoms with van der Waals surface area (Å²) >= 11 is 0. The molecule has 12 nitrogen and oxygen atoms in total. The molecule has 5 rings (SSSR count). The van der Waals surface area contributed by atoms with Gasteiger partial charge in [0, 0.05) is 11.6 Å². The van der Waals surface area contributed by atoms with Gasteiger partial charge >= 0.3 is 0 Å². The van der Waals surface area contributed by atoms with E-state index >= 15 is 0 Å². The summed E-state index contributed by atoms with van der Waals surface area (Å²) < 4.78 is 38.6. The zero-order valence-electron chi connectivity index (χ0n) is 19.9. The number of benzene rings is 3. The van der Waals surface area contributed by atoms with Crippen molar-refractivity contribution in [2.75, 3.05) is 14.2 Å². The molecule has 2 heterocycles. The number of hydrogen-bond acceptors (Lipinski definition) is 9. The van der Waals surface area contributed by atoms with Crippen LogP contribution in [0.25, 0.3) is 0 Å². The molecule has 3 aromatic carbocycles. The van der Waals surface area contributed by atoms with Crippen LogP contribution < -0.4 is 9.47 Å². The molecule has 3 amide bonds. The van der Waals surface area contributed by atoms with E-state index in [0.717, 1.165) is 6.07 Å². The quantitative estimate of drug-likeness (QED) is 0.191. The Labute approximate surface area is 216 Å². The van der Waals surface area contributed by atoms with Crippen molar-refractivity contribution in [1.29, 1.82) is 0 Å². The zero-order valence-corrected chi connectivity index (χ0v) is 20.7. The SMILES string of the molecule is COc1cccc(C2C(N3C(=O)c4cccc([N+](=O)[O-])c4C3=O)C(=O)N2S(=O)(=O)c2ccccc2)c1OC. The van der Waals surface area contributed by atoms with Gasteiger partial charge in [-0.1, -0.05) is 36.4 Å². The second kappa shape index (κ2) is 8.95. The number of nitrogens with zero attached hydrogens (tertiary/aromatic N) is 3. The number of ether oxygens (including phenoxy) is 2. The largest absolute Gasteiger partial charge is 0.493 e. The fourth-order valence-electron chi connectivity index (χ4n) is 4.81. The van der Waals surface area contributed by atoms with Gasteiger partial charge in [0.25, 0.3) is 33.4 Å². The second-order valence-electron chi connectivity index (χ2n) is 8.36. The fourth-order valence-corrected chi connectivity index (χ4v) is 6.41. The van der Waals surface area contributed by atoms with Crippen LogP contribution in [0, 0.1) is 10.1 Å². The number of nitro benzene ring substituents is 1. The van der Waals surface area contributed by atoms with Gasteiger partial charge in [-0.25, -0.2) is 12.7 Å². The van der Waals surface area contributed by atoms with E-state index in [0.29, 0.717) is 9.21 Å². The van der Waals surface area contributed by atoms with Crippen LogP contribution in [0.3, 0.4) is 0 Å². The van der Waals surface area contributed by atoms with Gasteiger partial charge in [0.05, 0.1) is 29.6 Å². The number of carbonyl (C=O) groups is 3. The summed E-state index contributed by atoms with van der Waals surface area (Å²) in [5, 5.41) is 11.6. The van der Waals surface area contributed by atoms with E-state index in [4.69, 9.17) is 9.47 Å². The number of methoxy groups -OCH3 is 2. The summed E-state index contributed by atoms with van der Waals surface area (Å²) in [5.41, 5.74) is -1.16. The summed E-state index contributed by atoms with van der Waals surface area (Å²) in [7, 11) is -1.76. The minimum Gasteiger partial charge on any atom is -0.493 e. The standard InChI is InChI=1S/C25H19N3O9S/c1-36-18-13-7-11-16(22(18)37-2)20-21(25(31)27(20)38(34,35)14-8-4-3-5-9-14)26-23(29)15-10-6-12-17(28(32)33)19(15)24(26)30/h3-13,20-21H,1-2H3. The number of rotatable bonds is 7. The van der Waals surface area contributed by atoms with Gasteiger partial charge in [0.15, 0.2) is 11.5 Å². The lowest BCUT2D eigenvalue weighted by Gasteiger charge is -2.48. The lowest BCUT2D eigenvalue weighted by molar-refractivity contribution is -0.385. The maximum Gasteiger partial charge on any atom is 0.282 e. The molecular formula is C25H19N3O9S. The Kier molecular flexibility index (Phi) is 5.87. The van der Waals surface area contributed by atoms with E-state index in [1.54, 1.807) is 12.1 Å². The van der Waals surface area contributed by atoms with Gasteiger partial charge in [-0.3, -0.25) is 29.4 Å². The Morgan fingerprint density at radius 3 is 2.16 bits per heavy atom. The first-order valence-electron chi connectivity index (χ1n) is 11.1. The van der Waals surface area contributed by atoms with Crippen LogP contribution in [-0.4, -0.2) is 60.5 Å². The highest BCUT2D eigenvalue weighted by molar-refractivity contribution is 7.89. The molecule has 2 unspecified atom stereocenters. The van der Waals surface area contributed by atoms with Gasteiger partial charge < -0.3 is 9.47 Å². The van der Waals surface area contributed by atoms with E-state index in [1.807, 2.05) is 0 Å². The Morgan fingerprint density at radius 1 is 0.842 bits per heavy atom. The maximum absolute atomic E-state index is 13.6. The molecule has 2 aliphatic rings. The van der Waals surface area contributed by atoms with Gasteiger partial charge in [-0.05, 0) is 24.3 Å². The van der Waals surface area contributed by atoms with Crippen LogP contribution in [0.15, 0.2) is 71.6 Å². The number of hydrogen-bond donors (Lipinski definition) is 0. The molecule has 2 aliphatic heterocycles. The monoisotopic (exact) mass is 537 g/mol. The number of para-hydroxylation sites is 1. The van der Waals surface area contributed by atoms with Gasteiger partial charge in [0.2, 0.25) is 0 Å². The molecule has 3 aromatic rings. The topological polar surface area (TPSA) is 153 Å².